The Morgan fingerprint density at radius 1 is 1.82 bits per heavy atom. The van der Waals surface area contributed by atoms with E-state index in [9.17, 15) is 4.79 Å². The van der Waals surface area contributed by atoms with Crippen LogP contribution in [0.4, 0.5) is 5.88 Å². The molecule has 0 fully saturated rings. The molecule has 0 amide bonds. The second kappa shape index (κ2) is 3.25. The van der Waals surface area contributed by atoms with Gasteiger partial charge in [-0.3, -0.25) is 9.80 Å². The Morgan fingerprint density at radius 2 is 2.55 bits per heavy atom. The van der Waals surface area contributed by atoms with Crippen LogP contribution in [-0.2, 0) is 0 Å². The SMILES string of the molecule is CCCN(N)c1cc(=O)[nH]o1. The molecule has 62 valence electrons. The van der Waals surface area contributed by atoms with Gasteiger partial charge in [-0.15, -0.1) is 0 Å². The summed E-state index contributed by atoms with van der Waals surface area (Å²) in [5.74, 6) is 5.87. The fraction of sp³-hybridized carbons (Fsp3) is 0.500. The van der Waals surface area contributed by atoms with Gasteiger partial charge in [0.05, 0.1) is 6.07 Å². The molecular formula is C6H11N3O2. The van der Waals surface area contributed by atoms with Crippen LogP contribution in [0.1, 0.15) is 13.3 Å². The maximum Gasteiger partial charge on any atom is 0.282 e. The number of hydrazine groups is 1. The maximum absolute atomic E-state index is 10.6. The van der Waals surface area contributed by atoms with E-state index < -0.39 is 0 Å². The zero-order valence-electron chi connectivity index (χ0n) is 6.33. The number of hydrogen-bond donors (Lipinski definition) is 2. The summed E-state index contributed by atoms with van der Waals surface area (Å²) in [6.07, 6.45) is 0.908. The van der Waals surface area contributed by atoms with Crippen molar-refractivity contribution in [2.75, 3.05) is 11.6 Å². The predicted octanol–water partition coefficient (Wildman–Crippen LogP) is 0.0580. The molecule has 0 aromatic carbocycles. The molecule has 0 aliphatic rings. The first-order valence-electron chi connectivity index (χ1n) is 3.44. The maximum atomic E-state index is 10.6. The average Bonchev–Trinajstić information content (AvgIpc) is 2.36. The minimum atomic E-state index is -0.272. The summed E-state index contributed by atoms with van der Waals surface area (Å²) in [6.45, 7) is 2.66. The van der Waals surface area contributed by atoms with E-state index in [0.29, 0.717) is 12.4 Å². The van der Waals surface area contributed by atoms with E-state index in [1.54, 1.807) is 0 Å². The van der Waals surface area contributed by atoms with Crippen molar-refractivity contribution >= 4 is 5.88 Å². The zero-order valence-corrected chi connectivity index (χ0v) is 6.33. The standard InChI is InChI=1S/C6H11N3O2/c1-2-3-9(7)6-4-5(10)8-11-6/h4H,2-3,7H2,1H3,(H,8,10). The normalized spacial score (nSPS) is 10.0. The van der Waals surface area contributed by atoms with Gasteiger partial charge < -0.3 is 4.52 Å². The molecule has 0 saturated heterocycles. The van der Waals surface area contributed by atoms with Crippen molar-refractivity contribution in [3.63, 3.8) is 0 Å². The molecule has 1 aromatic rings. The molecular weight excluding hydrogens is 146 g/mol. The number of aromatic nitrogens is 1. The van der Waals surface area contributed by atoms with E-state index in [4.69, 9.17) is 10.4 Å². The van der Waals surface area contributed by atoms with E-state index >= 15 is 0 Å². The number of nitrogens with one attached hydrogen (secondary N) is 1. The number of aromatic amines is 1. The van der Waals surface area contributed by atoms with Crippen molar-refractivity contribution in [1.82, 2.24) is 5.16 Å². The Labute approximate surface area is 63.7 Å². The van der Waals surface area contributed by atoms with Gasteiger partial charge >= 0.3 is 0 Å². The number of H-pyrrole nitrogens is 1. The van der Waals surface area contributed by atoms with Gasteiger partial charge in [-0.25, -0.2) is 5.84 Å². The largest absolute Gasteiger partial charge is 0.359 e. The van der Waals surface area contributed by atoms with Crippen LogP contribution in [0.2, 0.25) is 0 Å². The molecule has 5 nitrogen and oxygen atoms in total. The summed E-state index contributed by atoms with van der Waals surface area (Å²) in [7, 11) is 0. The molecule has 0 unspecified atom stereocenters. The van der Waals surface area contributed by atoms with E-state index in [2.05, 4.69) is 5.16 Å². The fourth-order valence-electron chi connectivity index (χ4n) is 0.766. The predicted molar refractivity (Wildman–Crippen MR) is 41.2 cm³/mol. The third kappa shape index (κ3) is 1.84. The Hall–Kier alpha value is -1.23. The zero-order chi connectivity index (χ0) is 8.27. The number of anilines is 1. The third-order valence-electron chi connectivity index (χ3n) is 1.26. The minimum absolute atomic E-state index is 0.272. The Morgan fingerprint density at radius 3 is 3.00 bits per heavy atom. The van der Waals surface area contributed by atoms with E-state index in [1.165, 1.54) is 11.1 Å². The van der Waals surface area contributed by atoms with Crippen molar-refractivity contribution in [2.24, 2.45) is 5.84 Å². The van der Waals surface area contributed by atoms with Crippen molar-refractivity contribution in [3.05, 3.63) is 16.4 Å². The molecule has 0 bridgehead atoms. The van der Waals surface area contributed by atoms with Crippen LogP contribution >= 0.6 is 0 Å². The Bertz CT molecular complexity index is 265. The van der Waals surface area contributed by atoms with Crippen molar-refractivity contribution in [2.45, 2.75) is 13.3 Å². The van der Waals surface area contributed by atoms with Crippen molar-refractivity contribution in [3.8, 4) is 0 Å². The molecule has 0 aliphatic carbocycles. The van der Waals surface area contributed by atoms with Crippen LogP contribution in [0.25, 0.3) is 0 Å². The summed E-state index contributed by atoms with van der Waals surface area (Å²) in [5.41, 5.74) is -0.272. The third-order valence-corrected chi connectivity index (χ3v) is 1.26. The molecule has 1 heterocycles. The van der Waals surface area contributed by atoms with Gasteiger partial charge in [-0.2, -0.15) is 5.16 Å². The van der Waals surface area contributed by atoms with Crippen LogP contribution in [0, 0.1) is 0 Å². The van der Waals surface area contributed by atoms with Gasteiger partial charge in [-0.05, 0) is 6.42 Å². The highest BCUT2D eigenvalue weighted by molar-refractivity contribution is 5.29. The smallest absolute Gasteiger partial charge is 0.282 e. The minimum Gasteiger partial charge on any atom is -0.359 e. The average molecular weight is 157 g/mol. The van der Waals surface area contributed by atoms with Gasteiger partial charge in [0.15, 0.2) is 0 Å². The summed E-state index contributed by atoms with van der Waals surface area (Å²) in [5, 5.41) is 3.54. The van der Waals surface area contributed by atoms with E-state index in [0.717, 1.165) is 6.42 Å². The van der Waals surface area contributed by atoms with E-state index in [1.807, 2.05) is 6.92 Å². The van der Waals surface area contributed by atoms with Gasteiger partial charge in [0.1, 0.15) is 0 Å². The van der Waals surface area contributed by atoms with Crippen LogP contribution in [0.15, 0.2) is 15.4 Å². The summed E-state index contributed by atoms with van der Waals surface area (Å²) >= 11 is 0. The summed E-state index contributed by atoms with van der Waals surface area (Å²) in [6, 6.07) is 1.32. The molecule has 0 spiro atoms. The number of nitrogens with two attached hydrogens (primary N) is 1. The first kappa shape index (κ1) is 7.87. The second-order valence-electron chi connectivity index (χ2n) is 2.24. The number of hydrogen-bond acceptors (Lipinski definition) is 4. The quantitative estimate of drug-likeness (QED) is 0.480. The topological polar surface area (TPSA) is 75.3 Å². The summed E-state index contributed by atoms with van der Waals surface area (Å²) < 4.78 is 4.74. The molecule has 11 heavy (non-hydrogen) atoms. The molecule has 5 heteroatoms. The second-order valence-corrected chi connectivity index (χ2v) is 2.24. The molecule has 1 aromatic heterocycles. The van der Waals surface area contributed by atoms with Crippen LogP contribution in [-0.4, -0.2) is 11.7 Å². The van der Waals surface area contributed by atoms with Crippen molar-refractivity contribution in [1.29, 1.82) is 0 Å². The first-order chi connectivity index (χ1) is 5.24. The molecule has 0 radical (unpaired) electrons. The van der Waals surface area contributed by atoms with Crippen molar-refractivity contribution < 1.29 is 4.52 Å². The highest BCUT2D eigenvalue weighted by Crippen LogP contribution is 2.04. The van der Waals surface area contributed by atoms with Crippen LogP contribution in [0.3, 0.4) is 0 Å². The van der Waals surface area contributed by atoms with Crippen LogP contribution in [0.5, 0.6) is 0 Å². The fourth-order valence-corrected chi connectivity index (χ4v) is 0.766. The van der Waals surface area contributed by atoms with Crippen LogP contribution < -0.4 is 16.4 Å². The number of rotatable bonds is 3. The first-order valence-corrected chi connectivity index (χ1v) is 3.44. The lowest BCUT2D eigenvalue weighted by Crippen LogP contribution is -2.31. The summed E-state index contributed by atoms with van der Waals surface area (Å²) in [4.78, 5) is 10.6. The molecule has 0 aliphatic heterocycles. The Kier molecular flexibility index (Phi) is 2.32. The highest BCUT2D eigenvalue weighted by Gasteiger charge is 2.04. The monoisotopic (exact) mass is 157 g/mol. The highest BCUT2D eigenvalue weighted by atomic mass is 16.5. The Balaban J connectivity index is 2.68. The molecule has 0 saturated carbocycles. The number of nitrogens with zero attached hydrogens (tertiary/aromatic N) is 1. The van der Waals surface area contributed by atoms with Gasteiger partial charge in [0.25, 0.3) is 5.56 Å². The lowest BCUT2D eigenvalue weighted by atomic mass is 10.4. The van der Waals surface area contributed by atoms with Gasteiger partial charge in [0.2, 0.25) is 5.88 Å². The van der Waals surface area contributed by atoms with Gasteiger partial charge in [-0.1, -0.05) is 6.92 Å². The van der Waals surface area contributed by atoms with Gasteiger partial charge in [0, 0.05) is 6.54 Å². The van der Waals surface area contributed by atoms with E-state index in [-0.39, 0.29) is 5.56 Å². The molecule has 3 N–H and O–H groups in total. The molecule has 0 atom stereocenters. The molecule has 1 rings (SSSR count). The lowest BCUT2D eigenvalue weighted by molar-refractivity contribution is 0.410. The lowest BCUT2D eigenvalue weighted by Gasteiger charge is -2.11.